The van der Waals surface area contributed by atoms with E-state index in [0.717, 1.165) is 23.2 Å². The van der Waals surface area contributed by atoms with E-state index >= 15 is 0 Å². The van der Waals surface area contributed by atoms with Gasteiger partial charge in [0.15, 0.2) is 9.84 Å². The number of halogens is 2. The van der Waals surface area contributed by atoms with Gasteiger partial charge in [0.25, 0.3) is 5.91 Å². The highest BCUT2D eigenvalue weighted by Crippen LogP contribution is 2.23. The van der Waals surface area contributed by atoms with Crippen LogP contribution in [0.4, 0.5) is 14.5 Å². The van der Waals surface area contributed by atoms with E-state index in [1.165, 1.54) is 0 Å². The Hall–Kier alpha value is -2.36. The number of nitrogens with zero attached hydrogens (tertiary/aromatic N) is 2. The van der Waals surface area contributed by atoms with Crippen molar-refractivity contribution in [2.24, 2.45) is 5.10 Å². The van der Waals surface area contributed by atoms with Crippen LogP contribution in [0, 0.1) is 11.6 Å². The van der Waals surface area contributed by atoms with Gasteiger partial charge in [0.2, 0.25) is 5.91 Å². The summed E-state index contributed by atoms with van der Waals surface area (Å²) in [7, 11) is -3.22. The first-order chi connectivity index (χ1) is 11.7. The zero-order valence-corrected chi connectivity index (χ0v) is 13.9. The van der Waals surface area contributed by atoms with E-state index in [-0.39, 0.29) is 48.1 Å². The fourth-order valence-electron chi connectivity index (χ4n) is 2.78. The van der Waals surface area contributed by atoms with Crippen molar-refractivity contribution in [2.75, 3.05) is 16.8 Å². The highest BCUT2D eigenvalue weighted by atomic mass is 32.2. The molecule has 0 spiro atoms. The summed E-state index contributed by atoms with van der Waals surface area (Å²) >= 11 is 0. The molecule has 2 amide bonds. The van der Waals surface area contributed by atoms with Crippen LogP contribution in [0.3, 0.4) is 0 Å². The Balaban J connectivity index is 1.79. The van der Waals surface area contributed by atoms with Gasteiger partial charge in [-0.2, -0.15) is 5.10 Å². The van der Waals surface area contributed by atoms with E-state index in [9.17, 15) is 26.8 Å². The topological polar surface area (TPSA) is 95.9 Å². The maximum Gasteiger partial charge on any atom is 0.271 e. The number of nitrogens with one attached hydrogen (secondary N) is 1. The molecule has 1 aromatic rings. The van der Waals surface area contributed by atoms with Crippen LogP contribution >= 0.6 is 0 Å². The van der Waals surface area contributed by atoms with Crippen molar-refractivity contribution in [3.8, 4) is 0 Å². The summed E-state index contributed by atoms with van der Waals surface area (Å²) in [4.78, 5) is 24.2. The molecule has 1 unspecified atom stereocenters. The van der Waals surface area contributed by atoms with Gasteiger partial charge < -0.3 is 5.32 Å². The molecule has 1 N–H and O–H groups in total. The average Bonchev–Trinajstić information content (AvgIpc) is 2.91. The van der Waals surface area contributed by atoms with Crippen LogP contribution in [0.2, 0.25) is 0 Å². The molecule has 1 fully saturated rings. The molecule has 1 saturated heterocycles. The first-order valence-electron chi connectivity index (χ1n) is 7.61. The van der Waals surface area contributed by atoms with Gasteiger partial charge in [0.05, 0.1) is 23.2 Å². The van der Waals surface area contributed by atoms with Crippen molar-refractivity contribution in [3.63, 3.8) is 0 Å². The lowest BCUT2D eigenvalue weighted by atomic mass is 10.1. The van der Waals surface area contributed by atoms with Gasteiger partial charge in [0.1, 0.15) is 17.3 Å². The number of sulfone groups is 1. The number of rotatable bonds is 3. The number of carbonyl (C=O) groups excluding carboxylic acids is 2. The molecule has 1 atom stereocenters. The molecule has 1 aromatic carbocycles. The number of amides is 2. The number of hydrogen-bond acceptors (Lipinski definition) is 5. The molecule has 10 heteroatoms. The Morgan fingerprint density at radius 2 is 2.04 bits per heavy atom. The molecule has 2 heterocycles. The Bertz CT molecular complexity index is 870. The first-order valence-corrected chi connectivity index (χ1v) is 9.44. The minimum atomic E-state index is -3.22. The molecular weight excluding hydrogens is 356 g/mol. The van der Waals surface area contributed by atoms with Crippen molar-refractivity contribution in [1.29, 1.82) is 0 Å². The third kappa shape index (κ3) is 3.84. The number of hydrazone groups is 1. The van der Waals surface area contributed by atoms with Gasteiger partial charge in [-0.1, -0.05) is 0 Å². The number of hydrogen-bond donors (Lipinski definition) is 1. The maximum atomic E-state index is 13.6. The molecule has 0 bridgehead atoms. The molecule has 0 radical (unpaired) electrons. The minimum absolute atomic E-state index is 0.00552. The van der Waals surface area contributed by atoms with Crippen LogP contribution in [-0.2, 0) is 19.4 Å². The fourth-order valence-corrected chi connectivity index (χ4v) is 4.47. The third-order valence-electron chi connectivity index (χ3n) is 4.05. The lowest BCUT2D eigenvalue weighted by Gasteiger charge is -2.27. The second kappa shape index (κ2) is 6.51. The van der Waals surface area contributed by atoms with E-state index in [1.54, 1.807) is 0 Å². The molecule has 0 saturated carbocycles. The van der Waals surface area contributed by atoms with E-state index in [1.807, 2.05) is 0 Å². The Morgan fingerprint density at radius 1 is 1.28 bits per heavy atom. The summed E-state index contributed by atoms with van der Waals surface area (Å²) < 4.78 is 49.9. The molecule has 3 rings (SSSR count). The van der Waals surface area contributed by atoms with Crippen molar-refractivity contribution < 1.29 is 26.8 Å². The van der Waals surface area contributed by atoms with Crippen molar-refractivity contribution >= 4 is 33.1 Å². The monoisotopic (exact) mass is 371 g/mol. The molecule has 2 aliphatic heterocycles. The Kier molecular flexibility index (Phi) is 4.55. The number of anilines is 1. The van der Waals surface area contributed by atoms with Crippen molar-refractivity contribution in [2.45, 2.75) is 25.3 Å². The number of benzene rings is 1. The minimum Gasteiger partial charge on any atom is -0.318 e. The molecule has 2 aliphatic rings. The van der Waals surface area contributed by atoms with Gasteiger partial charge in [-0.3, -0.25) is 9.59 Å². The summed E-state index contributed by atoms with van der Waals surface area (Å²) in [5, 5.41) is 7.22. The maximum absolute atomic E-state index is 13.6. The Morgan fingerprint density at radius 3 is 2.72 bits per heavy atom. The highest BCUT2D eigenvalue weighted by molar-refractivity contribution is 7.91. The highest BCUT2D eigenvalue weighted by Gasteiger charge is 2.37. The third-order valence-corrected chi connectivity index (χ3v) is 5.80. The van der Waals surface area contributed by atoms with Crippen LogP contribution in [0.1, 0.15) is 19.3 Å². The van der Waals surface area contributed by atoms with Crippen LogP contribution < -0.4 is 5.32 Å². The van der Waals surface area contributed by atoms with Gasteiger partial charge >= 0.3 is 0 Å². The second-order valence-corrected chi connectivity index (χ2v) is 8.15. The predicted octanol–water partition coefficient (Wildman–Crippen LogP) is 1.07. The Labute approximate surface area is 142 Å². The van der Waals surface area contributed by atoms with E-state index in [4.69, 9.17) is 0 Å². The van der Waals surface area contributed by atoms with Crippen LogP contribution in [-0.4, -0.2) is 48.5 Å². The van der Waals surface area contributed by atoms with Crippen LogP contribution in [0.25, 0.3) is 0 Å². The van der Waals surface area contributed by atoms with E-state index in [2.05, 4.69) is 10.4 Å². The molecular formula is C15H15F2N3O4S. The van der Waals surface area contributed by atoms with Gasteiger partial charge in [-0.05, 0) is 18.6 Å². The van der Waals surface area contributed by atoms with Gasteiger partial charge in [-0.15, -0.1) is 0 Å². The summed E-state index contributed by atoms with van der Waals surface area (Å²) in [6.45, 7) is 0. The summed E-state index contributed by atoms with van der Waals surface area (Å²) in [6.07, 6.45) is 0.289. The smallest absolute Gasteiger partial charge is 0.271 e. The summed E-state index contributed by atoms with van der Waals surface area (Å²) in [5.74, 6) is -2.88. The van der Waals surface area contributed by atoms with Crippen LogP contribution in [0.5, 0.6) is 0 Å². The molecule has 134 valence electrons. The normalized spacial score (nSPS) is 22.6. The lowest BCUT2D eigenvalue weighted by molar-refractivity contribution is -0.133. The zero-order valence-electron chi connectivity index (χ0n) is 13.0. The largest absolute Gasteiger partial charge is 0.318 e. The molecule has 0 aliphatic carbocycles. The van der Waals surface area contributed by atoms with Crippen LogP contribution in [0.15, 0.2) is 23.3 Å². The fraction of sp³-hybridized carbons (Fsp3) is 0.400. The van der Waals surface area contributed by atoms with E-state index < -0.39 is 33.4 Å². The molecule has 25 heavy (non-hydrogen) atoms. The second-order valence-electron chi connectivity index (χ2n) is 5.92. The lowest BCUT2D eigenvalue weighted by Crippen LogP contribution is -2.42. The molecule has 7 nitrogen and oxygen atoms in total. The molecule has 0 aromatic heterocycles. The predicted molar refractivity (Wildman–Crippen MR) is 85.6 cm³/mol. The van der Waals surface area contributed by atoms with Crippen molar-refractivity contribution in [3.05, 3.63) is 29.8 Å². The first kappa shape index (κ1) is 17.5. The van der Waals surface area contributed by atoms with E-state index in [0.29, 0.717) is 0 Å². The standard InChI is InChI=1S/C15H15F2N3O4S/c16-9-1-2-11(17)13(7-9)18-15(22)12-3-4-14(21)20(19-12)10-5-6-25(23,24)8-10/h1-2,7,10H,3-6,8H2,(H,18,22). The zero-order chi connectivity index (χ0) is 18.2. The van der Waals surface area contributed by atoms with Crippen molar-refractivity contribution in [1.82, 2.24) is 5.01 Å². The van der Waals surface area contributed by atoms with Gasteiger partial charge in [-0.25, -0.2) is 22.2 Å². The average molecular weight is 371 g/mol. The summed E-state index contributed by atoms with van der Waals surface area (Å²) in [5.41, 5.74) is -0.368. The summed E-state index contributed by atoms with van der Waals surface area (Å²) in [6, 6.07) is 2.03. The SMILES string of the molecule is O=C(Nc1cc(F)ccc1F)C1=NN(C2CCS(=O)(=O)C2)C(=O)CC1. The van der Waals surface area contributed by atoms with Gasteiger partial charge in [0, 0.05) is 18.9 Å². The number of carbonyl (C=O) groups is 2. The quantitative estimate of drug-likeness (QED) is 0.860.